The molecule has 1 aromatic rings. The summed E-state index contributed by atoms with van der Waals surface area (Å²) < 4.78 is 52.3. The second-order valence-electron chi connectivity index (χ2n) is 8.82. The minimum atomic E-state index is -3.19. The Balaban J connectivity index is 1.79. The van der Waals surface area contributed by atoms with Crippen LogP contribution >= 0.6 is 0 Å². The van der Waals surface area contributed by atoms with Gasteiger partial charge in [-0.2, -0.15) is 0 Å². The van der Waals surface area contributed by atoms with E-state index in [4.69, 9.17) is 0 Å². The number of rotatable bonds is 11. The number of benzene rings is 1. The number of hydrogen-bond donors (Lipinski definition) is 2. The van der Waals surface area contributed by atoms with Gasteiger partial charge in [0.2, 0.25) is 20.0 Å². The Morgan fingerprint density at radius 2 is 1.53 bits per heavy atom. The Hall–Kier alpha value is -0.960. The number of nitrogens with one attached hydrogen (secondary N) is 2. The quantitative estimate of drug-likeness (QED) is 0.531. The summed E-state index contributed by atoms with van der Waals surface area (Å²) >= 11 is 0. The highest BCUT2D eigenvalue weighted by molar-refractivity contribution is 7.90. The zero-order chi connectivity index (χ0) is 22.4. The fraction of sp³-hybridized carbons (Fsp3) is 0.727. The standard InChI is InChI=1S/C22H38N2O4S2/c1-5-29(25,26)23-15-14-19-6-8-21(9-7-19)22-12-10-20(11-13-22)18(4)16-24-30(27,28)17(2)3/h6-9,17-18,20,22-24H,5,10-16H2,1-4H3. The summed E-state index contributed by atoms with van der Waals surface area (Å²) in [4.78, 5) is 0. The van der Waals surface area contributed by atoms with E-state index in [1.54, 1.807) is 20.8 Å². The van der Waals surface area contributed by atoms with Gasteiger partial charge in [0.15, 0.2) is 0 Å². The molecule has 0 spiro atoms. The second-order valence-corrected chi connectivity index (χ2v) is 13.2. The molecule has 0 heterocycles. The molecule has 1 atom stereocenters. The van der Waals surface area contributed by atoms with Gasteiger partial charge < -0.3 is 0 Å². The van der Waals surface area contributed by atoms with Crippen molar-refractivity contribution < 1.29 is 16.8 Å². The molecule has 0 amide bonds. The van der Waals surface area contributed by atoms with Crippen LogP contribution in [0.1, 0.15) is 70.4 Å². The van der Waals surface area contributed by atoms with E-state index < -0.39 is 25.3 Å². The Labute approximate surface area is 183 Å². The van der Waals surface area contributed by atoms with Gasteiger partial charge in [-0.1, -0.05) is 31.2 Å². The van der Waals surface area contributed by atoms with E-state index in [2.05, 4.69) is 40.6 Å². The van der Waals surface area contributed by atoms with Crippen molar-refractivity contribution in [2.45, 2.75) is 71.0 Å². The monoisotopic (exact) mass is 458 g/mol. The Kier molecular flexibility index (Phi) is 9.33. The molecule has 8 heteroatoms. The number of hydrogen-bond acceptors (Lipinski definition) is 4. The largest absolute Gasteiger partial charge is 0.215 e. The van der Waals surface area contributed by atoms with Crippen LogP contribution in [-0.2, 0) is 26.5 Å². The van der Waals surface area contributed by atoms with Crippen molar-refractivity contribution >= 4 is 20.0 Å². The first kappa shape index (κ1) is 25.3. The fourth-order valence-corrected chi connectivity index (χ4v) is 5.46. The van der Waals surface area contributed by atoms with Crippen LogP contribution in [0.3, 0.4) is 0 Å². The molecule has 172 valence electrons. The van der Waals surface area contributed by atoms with E-state index in [1.807, 2.05) is 0 Å². The van der Waals surface area contributed by atoms with Crippen LogP contribution in [0.2, 0.25) is 0 Å². The highest BCUT2D eigenvalue weighted by Gasteiger charge is 2.27. The van der Waals surface area contributed by atoms with Crippen molar-refractivity contribution in [2.24, 2.45) is 11.8 Å². The average Bonchev–Trinajstić information content (AvgIpc) is 2.72. The lowest BCUT2D eigenvalue weighted by Crippen LogP contribution is -2.36. The molecule has 0 aromatic heterocycles. The summed E-state index contributed by atoms with van der Waals surface area (Å²) in [6.07, 6.45) is 5.19. The third-order valence-corrected chi connectivity index (χ3v) is 9.58. The SMILES string of the molecule is CCS(=O)(=O)NCCc1ccc(C2CCC(C(C)CNS(=O)(=O)C(C)C)CC2)cc1. The maximum Gasteiger partial charge on any atom is 0.213 e. The Morgan fingerprint density at radius 3 is 2.07 bits per heavy atom. The molecule has 2 rings (SSSR count). The van der Waals surface area contributed by atoms with Gasteiger partial charge >= 0.3 is 0 Å². The van der Waals surface area contributed by atoms with Crippen LogP contribution in [-0.4, -0.2) is 40.9 Å². The third-order valence-electron chi connectivity index (χ3n) is 6.37. The van der Waals surface area contributed by atoms with Crippen LogP contribution in [0.25, 0.3) is 0 Å². The maximum atomic E-state index is 12.0. The first-order chi connectivity index (χ1) is 14.0. The molecule has 1 aliphatic rings. The van der Waals surface area contributed by atoms with E-state index in [0.29, 0.717) is 37.3 Å². The summed E-state index contributed by atoms with van der Waals surface area (Å²) in [7, 11) is -6.33. The van der Waals surface area contributed by atoms with Crippen LogP contribution in [0.5, 0.6) is 0 Å². The Bertz CT molecular complexity index is 857. The van der Waals surface area contributed by atoms with E-state index >= 15 is 0 Å². The average molecular weight is 459 g/mol. The van der Waals surface area contributed by atoms with Crippen molar-refractivity contribution in [2.75, 3.05) is 18.8 Å². The second kappa shape index (κ2) is 11.1. The summed E-state index contributed by atoms with van der Waals surface area (Å²) in [5.74, 6) is 1.56. The lowest BCUT2D eigenvalue weighted by atomic mass is 9.74. The lowest BCUT2D eigenvalue weighted by molar-refractivity contribution is 0.246. The normalized spacial score (nSPS) is 21.6. The maximum absolute atomic E-state index is 12.0. The zero-order valence-corrected chi connectivity index (χ0v) is 20.4. The molecule has 0 saturated heterocycles. The summed E-state index contributed by atoms with van der Waals surface area (Å²) in [6.45, 7) is 8.14. The fourth-order valence-electron chi connectivity index (χ4n) is 4.01. The molecule has 6 nitrogen and oxygen atoms in total. The van der Waals surface area contributed by atoms with E-state index in [-0.39, 0.29) is 5.75 Å². The van der Waals surface area contributed by atoms with Crippen LogP contribution in [0.15, 0.2) is 24.3 Å². The molecular weight excluding hydrogens is 420 g/mol. The highest BCUT2D eigenvalue weighted by Crippen LogP contribution is 2.38. The van der Waals surface area contributed by atoms with Crippen molar-refractivity contribution in [3.8, 4) is 0 Å². The van der Waals surface area contributed by atoms with E-state index in [9.17, 15) is 16.8 Å². The molecule has 0 radical (unpaired) electrons. The zero-order valence-electron chi connectivity index (χ0n) is 18.7. The molecule has 1 saturated carbocycles. The van der Waals surface area contributed by atoms with Gasteiger partial charge in [-0.15, -0.1) is 0 Å². The molecule has 1 aromatic carbocycles. The molecule has 1 aliphatic carbocycles. The first-order valence-electron chi connectivity index (χ1n) is 11.1. The first-order valence-corrected chi connectivity index (χ1v) is 14.3. The van der Waals surface area contributed by atoms with Gasteiger partial charge in [0.1, 0.15) is 0 Å². The van der Waals surface area contributed by atoms with Crippen molar-refractivity contribution in [1.29, 1.82) is 0 Å². The Morgan fingerprint density at radius 1 is 0.933 bits per heavy atom. The molecule has 0 aliphatic heterocycles. The summed E-state index contributed by atoms with van der Waals surface area (Å²) in [5.41, 5.74) is 2.48. The minimum absolute atomic E-state index is 0.108. The smallest absolute Gasteiger partial charge is 0.213 e. The van der Waals surface area contributed by atoms with Gasteiger partial charge in [0.05, 0.1) is 11.0 Å². The van der Waals surface area contributed by atoms with E-state index in [0.717, 1.165) is 31.2 Å². The van der Waals surface area contributed by atoms with Gasteiger partial charge in [0.25, 0.3) is 0 Å². The highest BCUT2D eigenvalue weighted by atomic mass is 32.2. The predicted molar refractivity (Wildman–Crippen MR) is 124 cm³/mol. The molecule has 2 N–H and O–H groups in total. The van der Waals surface area contributed by atoms with Crippen LogP contribution in [0.4, 0.5) is 0 Å². The third kappa shape index (κ3) is 7.62. The molecular formula is C22H38N2O4S2. The molecule has 30 heavy (non-hydrogen) atoms. The molecule has 1 unspecified atom stereocenters. The molecule has 1 fully saturated rings. The van der Waals surface area contributed by atoms with Gasteiger partial charge in [0, 0.05) is 13.1 Å². The summed E-state index contributed by atoms with van der Waals surface area (Å²) in [5, 5.41) is -0.393. The topological polar surface area (TPSA) is 92.3 Å². The van der Waals surface area contributed by atoms with Crippen LogP contribution < -0.4 is 9.44 Å². The van der Waals surface area contributed by atoms with Crippen molar-refractivity contribution in [1.82, 2.24) is 9.44 Å². The molecule has 0 bridgehead atoms. The van der Waals surface area contributed by atoms with Gasteiger partial charge in [-0.3, -0.25) is 0 Å². The summed E-state index contributed by atoms with van der Waals surface area (Å²) in [6, 6.07) is 8.56. The van der Waals surface area contributed by atoms with Crippen molar-refractivity contribution in [3.05, 3.63) is 35.4 Å². The van der Waals surface area contributed by atoms with Gasteiger partial charge in [-0.25, -0.2) is 26.3 Å². The van der Waals surface area contributed by atoms with E-state index in [1.165, 1.54) is 5.56 Å². The minimum Gasteiger partial charge on any atom is -0.215 e. The van der Waals surface area contributed by atoms with Crippen LogP contribution in [0, 0.1) is 11.8 Å². The van der Waals surface area contributed by atoms with Gasteiger partial charge in [-0.05, 0) is 81.8 Å². The number of sulfonamides is 2. The lowest BCUT2D eigenvalue weighted by Gasteiger charge is -2.32. The van der Waals surface area contributed by atoms with Crippen molar-refractivity contribution in [3.63, 3.8) is 0 Å². The predicted octanol–water partition coefficient (Wildman–Crippen LogP) is 3.41.